The van der Waals surface area contributed by atoms with Gasteiger partial charge in [0.25, 0.3) is 0 Å². The molecule has 0 saturated heterocycles. The summed E-state index contributed by atoms with van der Waals surface area (Å²) >= 11 is 0. The summed E-state index contributed by atoms with van der Waals surface area (Å²) in [4.78, 5) is 10.9. The fraction of sp³-hybridized carbons (Fsp3) is 0.333. The first-order valence-corrected chi connectivity index (χ1v) is 9.14. The molecule has 0 amide bonds. The van der Waals surface area contributed by atoms with E-state index in [9.17, 15) is 0 Å². The van der Waals surface area contributed by atoms with E-state index >= 15 is 0 Å². The molecule has 1 unspecified atom stereocenters. The number of benzene rings is 1. The zero-order chi connectivity index (χ0) is 18.5. The molecule has 3 heterocycles. The Bertz CT molecular complexity index is 865. The molecular formula is C21H24N4O2. The second-order valence-corrected chi connectivity index (χ2v) is 6.84. The van der Waals surface area contributed by atoms with Crippen LogP contribution >= 0.6 is 0 Å². The van der Waals surface area contributed by atoms with Crippen molar-refractivity contribution in [1.82, 2.24) is 19.4 Å². The molecule has 0 radical (unpaired) electrons. The van der Waals surface area contributed by atoms with Crippen LogP contribution in [0.4, 0.5) is 0 Å². The van der Waals surface area contributed by atoms with Gasteiger partial charge >= 0.3 is 0 Å². The number of methoxy groups -OCH3 is 1. The van der Waals surface area contributed by atoms with Gasteiger partial charge in [0.05, 0.1) is 38.4 Å². The predicted molar refractivity (Wildman–Crippen MR) is 102 cm³/mol. The van der Waals surface area contributed by atoms with Crippen molar-refractivity contribution in [2.75, 3.05) is 20.3 Å². The fourth-order valence-corrected chi connectivity index (χ4v) is 3.54. The normalized spacial score (nSPS) is 16.9. The quantitative estimate of drug-likeness (QED) is 0.645. The molecule has 2 aromatic heterocycles. The molecule has 27 heavy (non-hydrogen) atoms. The van der Waals surface area contributed by atoms with Gasteiger partial charge in [0.1, 0.15) is 5.75 Å². The zero-order valence-electron chi connectivity index (χ0n) is 15.5. The second kappa shape index (κ2) is 8.33. The third-order valence-electron chi connectivity index (χ3n) is 4.84. The van der Waals surface area contributed by atoms with Gasteiger partial charge < -0.3 is 14.0 Å². The largest absolute Gasteiger partial charge is 0.497 e. The van der Waals surface area contributed by atoms with Crippen LogP contribution in [-0.2, 0) is 24.4 Å². The van der Waals surface area contributed by atoms with Crippen LogP contribution in [0.25, 0.3) is 0 Å². The first-order chi connectivity index (χ1) is 13.3. The summed E-state index contributed by atoms with van der Waals surface area (Å²) in [7, 11) is 1.70. The molecule has 140 valence electrons. The van der Waals surface area contributed by atoms with E-state index in [1.165, 1.54) is 11.3 Å². The number of hydrogen-bond acceptors (Lipinski definition) is 5. The fourth-order valence-electron chi connectivity index (χ4n) is 3.54. The van der Waals surface area contributed by atoms with Crippen LogP contribution in [0.5, 0.6) is 5.75 Å². The molecule has 1 atom stereocenters. The van der Waals surface area contributed by atoms with E-state index in [4.69, 9.17) is 9.47 Å². The Morgan fingerprint density at radius 2 is 2.04 bits per heavy atom. The van der Waals surface area contributed by atoms with Crippen molar-refractivity contribution < 1.29 is 9.47 Å². The summed E-state index contributed by atoms with van der Waals surface area (Å²) in [6.45, 7) is 3.91. The van der Waals surface area contributed by atoms with Crippen molar-refractivity contribution in [3.8, 4) is 5.75 Å². The number of nitrogens with zero attached hydrogens (tertiary/aromatic N) is 4. The number of ether oxygens (including phenoxy) is 2. The summed E-state index contributed by atoms with van der Waals surface area (Å²) in [5.74, 6) is 0.894. The average Bonchev–Trinajstić information content (AvgIpc) is 3.18. The highest BCUT2D eigenvalue weighted by atomic mass is 16.5. The minimum Gasteiger partial charge on any atom is -0.497 e. The molecule has 0 N–H and O–H groups in total. The summed E-state index contributed by atoms with van der Waals surface area (Å²) < 4.78 is 13.6. The van der Waals surface area contributed by atoms with Crippen LogP contribution in [-0.4, -0.2) is 39.7 Å². The van der Waals surface area contributed by atoms with Crippen LogP contribution < -0.4 is 4.74 Å². The lowest BCUT2D eigenvalue weighted by molar-refractivity contribution is 0.0586. The Hall–Kier alpha value is -2.70. The van der Waals surface area contributed by atoms with E-state index in [-0.39, 0.29) is 6.04 Å². The van der Waals surface area contributed by atoms with E-state index in [0.717, 1.165) is 30.9 Å². The van der Waals surface area contributed by atoms with Crippen LogP contribution in [0.1, 0.15) is 22.9 Å². The summed E-state index contributed by atoms with van der Waals surface area (Å²) in [5.41, 5.74) is 3.56. The van der Waals surface area contributed by atoms with Gasteiger partial charge in [-0.25, -0.2) is 4.98 Å². The molecule has 1 aliphatic heterocycles. The maximum absolute atomic E-state index is 5.99. The van der Waals surface area contributed by atoms with Gasteiger partial charge in [-0.3, -0.25) is 9.88 Å². The first kappa shape index (κ1) is 17.7. The highest BCUT2D eigenvalue weighted by Crippen LogP contribution is 2.24. The topological polar surface area (TPSA) is 52.4 Å². The predicted octanol–water partition coefficient (Wildman–Crippen LogP) is 3.06. The number of imidazole rings is 1. The van der Waals surface area contributed by atoms with Crippen LogP contribution in [0.2, 0.25) is 0 Å². The summed E-state index contributed by atoms with van der Waals surface area (Å²) in [5, 5.41) is 0. The Morgan fingerprint density at radius 3 is 2.89 bits per heavy atom. The molecule has 4 rings (SSSR count). The van der Waals surface area contributed by atoms with Crippen molar-refractivity contribution >= 4 is 0 Å². The lowest BCUT2D eigenvalue weighted by atomic mass is 10.1. The monoisotopic (exact) mass is 364 g/mol. The van der Waals surface area contributed by atoms with Gasteiger partial charge in [-0.1, -0.05) is 18.2 Å². The smallest absolute Gasteiger partial charge is 0.119 e. The van der Waals surface area contributed by atoms with E-state index in [1.54, 1.807) is 13.3 Å². The van der Waals surface area contributed by atoms with Gasteiger partial charge in [0.2, 0.25) is 0 Å². The van der Waals surface area contributed by atoms with E-state index in [1.807, 2.05) is 43.0 Å². The van der Waals surface area contributed by atoms with Crippen molar-refractivity contribution in [2.24, 2.45) is 0 Å². The maximum Gasteiger partial charge on any atom is 0.119 e. The molecule has 1 aromatic carbocycles. The molecule has 3 aromatic rings. The lowest BCUT2D eigenvalue weighted by Gasteiger charge is -2.34. The number of pyridine rings is 1. The van der Waals surface area contributed by atoms with E-state index in [0.29, 0.717) is 13.2 Å². The molecule has 1 aliphatic rings. The summed E-state index contributed by atoms with van der Waals surface area (Å²) in [6.07, 6.45) is 7.49. The molecule has 0 fully saturated rings. The van der Waals surface area contributed by atoms with Crippen molar-refractivity contribution in [2.45, 2.75) is 25.7 Å². The first-order valence-electron chi connectivity index (χ1n) is 9.14. The van der Waals surface area contributed by atoms with Gasteiger partial charge in [0, 0.05) is 38.2 Å². The van der Waals surface area contributed by atoms with Gasteiger partial charge in [-0.2, -0.15) is 0 Å². The van der Waals surface area contributed by atoms with Crippen LogP contribution in [0, 0.1) is 0 Å². The third kappa shape index (κ3) is 4.35. The van der Waals surface area contributed by atoms with Gasteiger partial charge in [0.15, 0.2) is 0 Å². The standard InChI is InChI=1S/C21H24N4O2/c1-26-21-6-2-4-17(8-21)11-24-12-19-10-23-16-25(19)20(13-24)15-27-14-18-5-3-7-22-9-18/h2-10,16,20H,11-15H2,1H3. The number of rotatable bonds is 7. The lowest BCUT2D eigenvalue weighted by Crippen LogP contribution is -2.38. The van der Waals surface area contributed by atoms with Crippen LogP contribution in [0.3, 0.4) is 0 Å². The number of aromatic nitrogens is 3. The molecule has 0 aliphatic carbocycles. The van der Waals surface area contributed by atoms with Crippen molar-refractivity contribution in [1.29, 1.82) is 0 Å². The SMILES string of the molecule is COc1cccc(CN2Cc3cncn3C(COCc3cccnc3)C2)c1. The third-order valence-corrected chi connectivity index (χ3v) is 4.84. The maximum atomic E-state index is 5.99. The molecule has 0 saturated carbocycles. The number of hydrogen-bond donors (Lipinski definition) is 0. The minimum atomic E-state index is 0.249. The molecule has 6 heteroatoms. The Labute approximate surface area is 159 Å². The van der Waals surface area contributed by atoms with Gasteiger partial charge in [-0.15, -0.1) is 0 Å². The van der Waals surface area contributed by atoms with Crippen LogP contribution in [0.15, 0.2) is 61.3 Å². The Morgan fingerprint density at radius 1 is 1.11 bits per heavy atom. The minimum absolute atomic E-state index is 0.249. The van der Waals surface area contributed by atoms with Crippen molar-refractivity contribution in [3.05, 3.63) is 78.1 Å². The molecule has 0 bridgehead atoms. The highest BCUT2D eigenvalue weighted by molar-refractivity contribution is 5.28. The van der Waals surface area contributed by atoms with E-state index < -0.39 is 0 Å². The van der Waals surface area contributed by atoms with Gasteiger partial charge in [-0.05, 0) is 29.3 Å². The Kier molecular flexibility index (Phi) is 5.46. The average molecular weight is 364 g/mol. The van der Waals surface area contributed by atoms with E-state index in [2.05, 4.69) is 31.6 Å². The second-order valence-electron chi connectivity index (χ2n) is 6.84. The van der Waals surface area contributed by atoms with Crippen molar-refractivity contribution in [3.63, 3.8) is 0 Å². The highest BCUT2D eigenvalue weighted by Gasteiger charge is 2.25. The number of fused-ring (bicyclic) bond motifs is 1. The zero-order valence-corrected chi connectivity index (χ0v) is 15.5. The summed E-state index contributed by atoms with van der Waals surface area (Å²) in [6, 6.07) is 12.5. The Balaban J connectivity index is 1.41. The molecule has 6 nitrogen and oxygen atoms in total. The molecular weight excluding hydrogens is 340 g/mol. The molecule has 0 spiro atoms.